The number of nitro groups is 1. The second-order valence-corrected chi connectivity index (χ2v) is 5.31. The minimum absolute atomic E-state index is 0. The first-order valence-electron chi connectivity index (χ1n) is 7.85. The third-order valence-corrected chi connectivity index (χ3v) is 3.44. The third kappa shape index (κ3) is 5.97. The average Bonchev–Trinajstić information content (AvgIpc) is 2.78. The van der Waals surface area contributed by atoms with E-state index in [1.54, 1.807) is 14.0 Å². The molecule has 0 radical (unpaired) electrons. The Kier molecular flexibility index (Phi) is 9.98. The number of nitrogens with one attached hydrogen (secondary N) is 3. The van der Waals surface area contributed by atoms with Crippen molar-refractivity contribution >= 4 is 29.8 Å². The van der Waals surface area contributed by atoms with Crippen LogP contribution in [0.2, 0.25) is 0 Å². The van der Waals surface area contributed by atoms with Gasteiger partial charge in [0.25, 0.3) is 0 Å². The second-order valence-electron chi connectivity index (χ2n) is 5.31. The van der Waals surface area contributed by atoms with Crippen LogP contribution in [-0.2, 0) is 11.8 Å². The molecule has 0 fully saturated rings. The highest BCUT2D eigenvalue weighted by molar-refractivity contribution is 5.85. The number of hydrogen-bond donors (Lipinski definition) is 3. The van der Waals surface area contributed by atoms with Crippen LogP contribution < -0.4 is 16.0 Å². The van der Waals surface area contributed by atoms with Gasteiger partial charge >= 0.3 is 5.69 Å². The average molecular weight is 363 g/mol. The Morgan fingerprint density at radius 2 is 2.00 bits per heavy atom. The van der Waals surface area contributed by atoms with E-state index < -0.39 is 11.0 Å². The molecule has 1 aromatic rings. The molecule has 0 saturated carbocycles. The van der Waals surface area contributed by atoms with Crippen molar-refractivity contribution < 1.29 is 9.72 Å². The maximum Gasteiger partial charge on any atom is 0.333 e. The molecule has 0 aliphatic rings. The fraction of sp³-hybridized carbons (Fsp3) is 0.714. The third-order valence-electron chi connectivity index (χ3n) is 3.44. The summed E-state index contributed by atoms with van der Waals surface area (Å²) in [6, 6.07) is -0.547. The van der Waals surface area contributed by atoms with Crippen LogP contribution in [0.3, 0.4) is 0 Å². The largest absolute Gasteiger partial charge is 0.353 e. The smallest absolute Gasteiger partial charge is 0.333 e. The summed E-state index contributed by atoms with van der Waals surface area (Å²) in [6.45, 7) is 7.62. The number of rotatable bonds is 10. The summed E-state index contributed by atoms with van der Waals surface area (Å²) >= 11 is 0. The SMILES string of the molecule is CCCNCCNC(=O)C(CC)Nc1c([N+](=O)[O-])c(C)nn1C.Cl. The van der Waals surface area contributed by atoms with Crippen LogP contribution in [0, 0.1) is 17.0 Å². The maximum absolute atomic E-state index is 12.2. The van der Waals surface area contributed by atoms with Gasteiger partial charge in [-0.15, -0.1) is 12.4 Å². The number of aromatic nitrogens is 2. The summed E-state index contributed by atoms with van der Waals surface area (Å²) in [4.78, 5) is 22.9. The summed E-state index contributed by atoms with van der Waals surface area (Å²) < 4.78 is 1.40. The predicted molar refractivity (Wildman–Crippen MR) is 95.7 cm³/mol. The monoisotopic (exact) mass is 362 g/mol. The minimum atomic E-state index is -0.547. The van der Waals surface area contributed by atoms with E-state index in [0.29, 0.717) is 25.2 Å². The molecule has 1 rings (SSSR count). The van der Waals surface area contributed by atoms with Crippen molar-refractivity contribution in [3.63, 3.8) is 0 Å². The quantitative estimate of drug-likeness (QED) is 0.329. The van der Waals surface area contributed by atoms with Crippen molar-refractivity contribution in [3.8, 4) is 0 Å². The first-order chi connectivity index (χ1) is 10.9. The lowest BCUT2D eigenvalue weighted by molar-refractivity contribution is -0.384. The number of carbonyl (C=O) groups is 1. The molecule has 0 aliphatic heterocycles. The molecule has 1 aromatic heterocycles. The minimum Gasteiger partial charge on any atom is -0.353 e. The van der Waals surface area contributed by atoms with Crippen molar-refractivity contribution in [2.45, 2.75) is 39.7 Å². The van der Waals surface area contributed by atoms with E-state index in [0.717, 1.165) is 13.0 Å². The Hall–Kier alpha value is -1.87. The van der Waals surface area contributed by atoms with E-state index in [9.17, 15) is 14.9 Å². The Balaban J connectivity index is 0.00000529. The second kappa shape index (κ2) is 10.8. The Morgan fingerprint density at radius 3 is 2.54 bits per heavy atom. The van der Waals surface area contributed by atoms with Crippen LogP contribution >= 0.6 is 12.4 Å². The van der Waals surface area contributed by atoms with Crippen molar-refractivity contribution in [1.29, 1.82) is 0 Å². The van der Waals surface area contributed by atoms with Gasteiger partial charge < -0.3 is 16.0 Å². The molecule has 1 unspecified atom stereocenters. The van der Waals surface area contributed by atoms with Gasteiger partial charge in [0.05, 0.1) is 4.92 Å². The van der Waals surface area contributed by atoms with Crippen molar-refractivity contribution in [2.24, 2.45) is 7.05 Å². The fourth-order valence-electron chi connectivity index (χ4n) is 2.24. The van der Waals surface area contributed by atoms with Crippen molar-refractivity contribution in [3.05, 3.63) is 15.8 Å². The highest BCUT2D eigenvalue weighted by Crippen LogP contribution is 2.28. The van der Waals surface area contributed by atoms with Crippen molar-refractivity contribution in [2.75, 3.05) is 25.0 Å². The Labute approximate surface area is 148 Å². The van der Waals surface area contributed by atoms with Gasteiger partial charge in [-0.3, -0.25) is 14.9 Å². The number of carbonyl (C=O) groups excluding carboxylic acids is 1. The van der Waals surface area contributed by atoms with Crippen LogP contribution in [-0.4, -0.2) is 46.3 Å². The highest BCUT2D eigenvalue weighted by Gasteiger charge is 2.27. The van der Waals surface area contributed by atoms with Gasteiger partial charge in [0.2, 0.25) is 11.7 Å². The molecule has 1 heterocycles. The zero-order chi connectivity index (χ0) is 17.4. The van der Waals surface area contributed by atoms with Gasteiger partial charge in [0.1, 0.15) is 11.7 Å². The molecule has 3 N–H and O–H groups in total. The molecule has 9 nitrogen and oxygen atoms in total. The molecule has 24 heavy (non-hydrogen) atoms. The standard InChI is InChI=1S/C14H26N6O3.ClH/c1-5-7-15-8-9-16-14(21)11(6-2)17-13-12(20(22)23)10(3)18-19(13)4;/h11,15,17H,5-9H2,1-4H3,(H,16,21);1H. The molecule has 0 saturated heterocycles. The molecule has 10 heteroatoms. The maximum atomic E-state index is 12.2. The van der Waals surface area contributed by atoms with Gasteiger partial charge in [-0.1, -0.05) is 13.8 Å². The van der Waals surface area contributed by atoms with E-state index in [1.807, 2.05) is 6.92 Å². The van der Waals surface area contributed by atoms with Crippen LogP contribution in [0.25, 0.3) is 0 Å². The van der Waals surface area contributed by atoms with Crippen molar-refractivity contribution in [1.82, 2.24) is 20.4 Å². The lowest BCUT2D eigenvalue weighted by Gasteiger charge is -2.17. The summed E-state index contributed by atoms with van der Waals surface area (Å²) in [5.74, 6) is 0.0672. The number of anilines is 1. The van der Waals surface area contributed by atoms with E-state index in [-0.39, 0.29) is 29.8 Å². The van der Waals surface area contributed by atoms with E-state index in [1.165, 1.54) is 4.68 Å². The molecule has 0 bridgehead atoms. The Bertz CT molecular complexity index is 549. The molecule has 0 aliphatic carbocycles. The summed E-state index contributed by atoms with van der Waals surface area (Å²) in [5, 5.41) is 24.2. The van der Waals surface area contributed by atoms with Crippen LogP contribution in [0.15, 0.2) is 0 Å². The summed E-state index contributed by atoms with van der Waals surface area (Å²) in [7, 11) is 1.61. The molecule has 138 valence electrons. The molecule has 1 atom stereocenters. The van der Waals surface area contributed by atoms with E-state index >= 15 is 0 Å². The number of halogens is 1. The van der Waals surface area contributed by atoms with Gasteiger partial charge in [-0.2, -0.15) is 5.10 Å². The van der Waals surface area contributed by atoms with Gasteiger partial charge in [-0.25, -0.2) is 4.68 Å². The van der Waals surface area contributed by atoms with Gasteiger partial charge in [0, 0.05) is 20.1 Å². The van der Waals surface area contributed by atoms with E-state index in [2.05, 4.69) is 28.0 Å². The van der Waals surface area contributed by atoms with E-state index in [4.69, 9.17) is 0 Å². The fourth-order valence-corrected chi connectivity index (χ4v) is 2.24. The number of aryl methyl sites for hydroxylation is 2. The molecular formula is C14H27ClN6O3. The Morgan fingerprint density at radius 1 is 1.33 bits per heavy atom. The first kappa shape index (κ1) is 22.1. The predicted octanol–water partition coefficient (Wildman–Crippen LogP) is 1.36. The normalized spacial score (nSPS) is 11.5. The zero-order valence-corrected chi connectivity index (χ0v) is 15.4. The lowest BCUT2D eigenvalue weighted by Crippen LogP contribution is -2.42. The van der Waals surface area contributed by atoms with Crippen LogP contribution in [0.1, 0.15) is 32.4 Å². The number of hydrogen-bond acceptors (Lipinski definition) is 6. The first-order valence-corrected chi connectivity index (χ1v) is 7.85. The van der Waals surface area contributed by atoms with Gasteiger partial charge in [-0.05, 0) is 26.3 Å². The summed E-state index contributed by atoms with van der Waals surface area (Å²) in [5.41, 5.74) is 0.224. The number of amides is 1. The van der Waals surface area contributed by atoms with Gasteiger partial charge in [0.15, 0.2) is 0 Å². The van der Waals surface area contributed by atoms with Crippen LogP contribution in [0.5, 0.6) is 0 Å². The molecule has 0 spiro atoms. The lowest BCUT2D eigenvalue weighted by atomic mass is 10.2. The zero-order valence-electron chi connectivity index (χ0n) is 14.6. The molecule has 0 aromatic carbocycles. The number of nitrogens with zero attached hydrogens (tertiary/aromatic N) is 3. The highest BCUT2D eigenvalue weighted by atomic mass is 35.5. The van der Waals surface area contributed by atoms with Crippen LogP contribution in [0.4, 0.5) is 11.5 Å². The summed E-state index contributed by atoms with van der Waals surface area (Å²) in [6.07, 6.45) is 1.55. The molecular weight excluding hydrogens is 336 g/mol. The topological polar surface area (TPSA) is 114 Å². The molecule has 1 amide bonds.